The van der Waals surface area contributed by atoms with Crippen molar-refractivity contribution in [2.45, 2.75) is 19.8 Å². The van der Waals surface area contributed by atoms with Crippen LogP contribution in [0.3, 0.4) is 0 Å². The molecule has 1 N–H and O–H groups in total. The number of nitriles is 1. The summed E-state index contributed by atoms with van der Waals surface area (Å²) in [5, 5.41) is 12.6. The number of benzene rings is 2. The number of ether oxygens (including phenoxy) is 2. The highest BCUT2D eigenvalue weighted by Gasteiger charge is 2.13. The fraction of sp³-hybridized carbons (Fsp3) is 0.208. The van der Waals surface area contributed by atoms with E-state index in [2.05, 4.69) is 10.3 Å². The first-order chi connectivity index (χ1) is 15.1. The van der Waals surface area contributed by atoms with E-state index in [0.29, 0.717) is 28.8 Å². The Kier molecular flexibility index (Phi) is 7.79. The van der Waals surface area contributed by atoms with Crippen molar-refractivity contribution < 1.29 is 14.3 Å². The van der Waals surface area contributed by atoms with Crippen LogP contribution in [0.1, 0.15) is 29.3 Å². The van der Waals surface area contributed by atoms with Crippen molar-refractivity contribution in [3.8, 4) is 17.6 Å². The maximum Gasteiger partial charge on any atom is 0.268 e. The number of carbonyl (C=O) groups excluding carboxylic acids is 1. The standard InChI is InChI=1S/C24H23N3O3S/c1-3-11-30-21-10-9-18(14-22(21)29-2)12-19(15-25)23(28)27-24-26-16-20(31-24)13-17-7-5-4-6-8-17/h4-10,12,14,16H,3,11,13H2,1-2H3,(H,26,27,28)/b19-12+. The zero-order valence-corrected chi connectivity index (χ0v) is 18.2. The molecule has 0 saturated heterocycles. The van der Waals surface area contributed by atoms with Crippen LogP contribution >= 0.6 is 11.3 Å². The number of thiazole rings is 1. The molecule has 0 unspecified atom stereocenters. The molecule has 0 spiro atoms. The number of anilines is 1. The van der Waals surface area contributed by atoms with E-state index >= 15 is 0 Å². The second-order valence-electron chi connectivity index (χ2n) is 6.68. The van der Waals surface area contributed by atoms with Crippen LogP contribution in [0.2, 0.25) is 0 Å². The summed E-state index contributed by atoms with van der Waals surface area (Å²) < 4.78 is 11.0. The zero-order valence-electron chi connectivity index (χ0n) is 17.4. The van der Waals surface area contributed by atoms with E-state index in [1.54, 1.807) is 31.5 Å². The van der Waals surface area contributed by atoms with Crippen molar-refractivity contribution in [1.29, 1.82) is 5.26 Å². The first kappa shape index (κ1) is 22.1. The largest absolute Gasteiger partial charge is 0.493 e. The summed E-state index contributed by atoms with van der Waals surface area (Å²) in [6, 6.07) is 17.3. The van der Waals surface area contributed by atoms with Crippen molar-refractivity contribution >= 4 is 28.5 Å². The second kappa shape index (κ2) is 11.0. The van der Waals surface area contributed by atoms with Crippen molar-refractivity contribution in [1.82, 2.24) is 4.98 Å². The molecule has 1 aromatic heterocycles. The highest BCUT2D eigenvalue weighted by molar-refractivity contribution is 7.15. The van der Waals surface area contributed by atoms with Gasteiger partial charge < -0.3 is 9.47 Å². The summed E-state index contributed by atoms with van der Waals surface area (Å²) in [5.41, 5.74) is 1.81. The molecular weight excluding hydrogens is 410 g/mol. The van der Waals surface area contributed by atoms with Crippen molar-refractivity contribution in [3.63, 3.8) is 0 Å². The Bertz CT molecular complexity index is 1100. The summed E-state index contributed by atoms with van der Waals surface area (Å²) in [5.74, 6) is 0.664. The Labute approximate surface area is 185 Å². The molecule has 7 heteroatoms. The van der Waals surface area contributed by atoms with Gasteiger partial charge in [-0.15, -0.1) is 11.3 Å². The van der Waals surface area contributed by atoms with Crippen LogP contribution in [0.5, 0.6) is 11.5 Å². The average molecular weight is 434 g/mol. The predicted octanol–water partition coefficient (Wildman–Crippen LogP) is 5.08. The van der Waals surface area contributed by atoms with Gasteiger partial charge in [0, 0.05) is 17.5 Å². The molecule has 0 aliphatic rings. The number of hydrogen-bond donors (Lipinski definition) is 1. The van der Waals surface area contributed by atoms with Crippen LogP contribution in [0.25, 0.3) is 6.08 Å². The molecule has 158 valence electrons. The first-order valence-corrected chi connectivity index (χ1v) is 10.7. The van der Waals surface area contributed by atoms with E-state index in [4.69, 9.17) is 9.47 Å². The second-order valence-corrected chi connectivity index (χ2v) is 7.79. The molecule has 31 heavy (non-hydrogen) atoms. The third-order valence-electron chi connectivity index (χ3n) is 4.32. The fourth-order valence-corrected chi connectivity index (χ4v) is 3.67. The summed E-state index contributed by atoms with van der Waals surface area (Å²) in [6.07, 6.45) is 4.87. The molecule has 3 rings (SSSR count). The highest BCUT2D eigenvalue weighted by Crippen LogP contribution is 2.29. The fourth-order valence-electron chi connectivity index (χ4n) is 2.83. The monoisotopic (exact) mass is 433 g/mol. The lowest BCUT2D eigenvalue weighted by Crippen LogP contribution is -2.13. The number of amides is 1. The number of nitrogens with zero attached hydrogens (tertiary/aromatic N) is 2. The minimum absolute atomic E-state index is 0.0240. The molecule has 1 amide bonds. The Morgan fingerprint density at radius 1 is 1.23 bits per heavy atom. The molecule has 1 heterocycles. The zero-order chi connectivity index (χ0) is 22.1. The van der Waals surface area contributed by atoms with Crippen molar-refractivity contribution in [2.75, 3.05) is 19.0 Å². The van der Waals surface area contributed by atoms with Gasteiger partial charge in [0.2, 0.25) is 0 Å². The maximum atomic E-state index is 12.6. The van der Waals surface area contributed by atoms with E-state index in [1.165, 1.54) is 23.0 Å². The van der Waals surface area contributed by atoms with Crippen molar-refractivity contribution in [2.24, 2.45) is 0 Å². The molecule has 0 saturated carbocycles. The molecule has 6 nitrogen and oxygen atoms in total. The molecule has 0 aliphatic carbocycles. The van der Waals surface area contributed by atoms with Gasteiger partial charge in [0.15, 0.2) is 16.6 Å². The first-order valence-electron chi connectivity index (χ1n) is 9.85. The normalized spacial score (nSPS) is 10.9. The van der Waals surface area contributed by atoms with Gasteiger partial charge in [0.1, 0.15) is 11.6 Å². The van der Waals surface area contributed by atoms with Gasteiger partial charge in [-0.2, -0.15) is 5.26 Å². The third-order valence-corrected chi connectivity index (χ3v) is 5.23. The van der Waals surface area contributed by atoms with Gasteiger partial charge in [-0.25, -0.2) is 4.98 Å². The minimum Gasteiger partial charge on any atom is -0.493 e. The van der Waals surface area contributed by atoms with E-state index in [-0.39, 0.29) is 5.57 Å². The number of hydrogen-bond acceptors (Lipinski definition) is 6. The lowest BCUT2D eigenvalue weighted by Gasteiger charge is -2.10. The maximum absolute atomic E-state index is 12.6. The molecule has 0 atom stereocenters. The SMILES string of the molecule is CCCOc1ccc(/C=C(\C#N)C(=O)Nc2ncc(Cc3ccccc3)s2)cc1OC. The van der Waals surface area contributed by atoms with Crippen LogP contribution in [0, 0.1) is 11.3 Å². The highest BCUT2D eigenvalue weighted by atomic mass is 32.1. The van der Waals surface area contributed by atoms with Gasteiger partial charge in [0.25, 0.3) is 5.91 Å². The van der Waals surface area contributed by atoms with Crippen LogP contribution in [0.4, 0.5) is 5.13 Å². The van der Waals surface area contributed by atoms with Crippen LogP contribution in [-0.4, -0.2) is 24.6 Å². The van der Waals surface area contributed by atoms with Crippen LogP contribution < -0.4 is 14.8 Å². The predicted molar refractivity (Wildman–Crippen MR) is 122 cm³/mol. The van der Waals surface area contributed by atoms with Gasteiger partial charge >= 0.3 is 0 Å². The number of rotatable bonds is 9. The number of nitrogens with one attached hydrogen (secondary N) is 1. The molecular formula is C24H23N3O3S. The lowest BCUT2D eigenvalue weighted by atomic mass is 10.1. The van der Waals surface area contributed by atoms with Crippen LogP contribution in [-0.2, 0) is 11.2 Å². The van der Waals surface area contributed by atoms with E-state index < -0.39 is 5.91 Å². The van der Waals surface area contributed by atoms with Gasteiger partial charge in [-0.05, 0) is 35.8 Å². The smallest absolute Gasteiger partial charge is 0.268 e. The number of carbonyl (C=O) groups is 1. The minimum atomic E-state index is -0.506. The summed E-state index contributed by atoms with van der Waals surface area (Å²) in [6.45, 7) is 2.60. The Balaban J connectivity index is 1.70. The lowest BCUT2D eigenvalue weighted by molar-refractivity contribution is -0.112. The Hall–Kier alpha value is -3.63. The molecule has 0 bridgehead atoms. The van der Waals surface area contributed by atoms with E-state index in [1.807, 2.05) is 43.3 Å². The molecule has 0 aliphatic heterocycles. The van der Waals surface area contributed by atoms with Gasteiger partial charge in [-0.3, -0.25) is 10.1 Å². The van der Waals surface area contributed by atoms with Gasteiger partial charge in [0.05, 0.1) is 13.7 Å². The average Bonchev–Trinajstić information content (AvgIpc) is 3.23. The van der Waals surface area contributed by atoms with Gasteiger partial charge in [-0.1, -0.05) is 43.3 Å². The number of aromatic nitrogens is 1. The summed E-state index contributed by atoms with van der Waals surface area (Å²) in [7, 11) is 1.55. The quantitative estimate of drug-likeness (QED) is 0.376. The van der Waals surface area contributed by atoms with Crippen molar-refractivity contribution in [3.05, 3.63) is 76.3 Å². The molecule has 0 radical (unpaired) electrons. The summed E-state index contributed by atoms with van der Waals surface area (Å²) >= 11 is 1.39. The topological polar surface area (TPSA) is 84.2 Å². The molecule has 3 aromatic rings. The third kappa shape index (κ3) is 6.17. The Morgan fingerprint density at radius 2 is 2.03 bits per heavy atom. The number of methoxy groups -OCH3 is 1. The van der Waals surface area contributed by atoms with E-state index in [9.17, 15) is 10.1 Å². The van der Waals surface area contributed by atoms with E-state index in [0.717, 1.165) is 17.7 Å². The Morgan fingerprint density at radius 3 is 2.74 bits per heavy atom. The van der Waals surface area contributed by atoms with Crippen LogP contribution in [0.15, 0.2) is 60.3 Å². The molecule has 0 fully saturated rings. The molecule has 2 aromatic carbocycles. The summed E-state index contributed by atoms with van der Waals surface area (Å²) in [4.78, 5) is 17.9.